The van der Waals surface area contributed by atoms with Crippen molar-refractivity contribution in [3.05, 3.63) is 120 Å². The molecule has 0 heterocycles. The van der Waals surface area contributed by atoms with E-state index < -0.39 is 0 Å². The molecule has 0 radical (unpaired) electrons. The Labute approximate surface area is 199 Å². The van der Waals surface area contributed by atoms with Crippen molar-refractivity contribution in [2.75, 3.05) is 0 Å². The maximum atomic E-state index is 2.38. The van der Waals surface area contributed by atoms with Crippen molar-refractivity contribution >= 4 is 53.9 Å². The fourth-order valence-corrected chi connectivity index (χ4v) is 5.88. The Morgan fingerprint density at radius 3 is 1.56 bits per heavy atom. The van der Waals surface area contributed by atoms with Gasteiger partial charge in [-0.3, -0.25) is 0 Å². The molecule has 0 saturated carbocycles. The van der Waals surface area contributed by atoms with Crippen molar-refractivity contribution in [1.29, 1.82) is 0 Å². The summed E-state index contributed by atoms with van der Waals surface area (Å²) >= 11 is 0. The third-order valence-corrected chi connectivity index (χ3v) is 7.46. The third-order valence-electron chi connectivity index (χ3n) is 7.46. The van der Waals surface area contributed by atoms with E-state index in [0.29, 0.717) is 0 Å². The van der Waals surface area contributed by atoms with Gasteiger partial charge in [0.25, 0.3) is 0 Å². The Hall–Kier alpha value is -4.16. The first kappa shape index (κ1) is 19.3. The number of aryl methyl sites for hydroxylation is 2. The second-order valence-corrected chi connectivity index (χ2v) is 9.45. The van der Waals surface area contributed by atoms with Crippen LogP contribution in [-0.2, 0) is 0 Å². The van der Waals surface area contributed by atoms with Crippen LogP contribution < -0.4 is 0 Å². The largest absolute Gasteiger partial charge is 0.0616 e. The summed E-state index contributed by atoms with van der Waals surface area (Å²) in [4.78, 5) is 0. The number of benzene rings is 7. The molecule has 0 atom stereocenters. The lowest BCUT2D eigenvalue weighted by molar-refractivity contribution is 1.45. The third kappa shape index (κ3) is 2.66. The predicted molar refractivity (Wildman–Crippen MR) is 149 cm³/mol. The van der Waals surface area contributed by atoms with Crippen LogP contribution in [-0.4, -0.2) is 0 Å². The number of fused-ring (bicyclic) bond motifs is 8. The molecule has 0 saturated heterocycles. The molecule has 0 N–H and O–H groups in total. The van der Waals surface area contributed by atoms with E-state index in [1.165, 1.54) is 76.1 Å². The average Bonchev–Trinajstić information content (AvgIpc) is 2.88. The minimum atomic E-state index is 1.29. The Morgan fingerprint density at radius 2 is 0.853 bits per heavy atom. The van der Waals surface area contributed by atoms with Gasteiger partial charge >= 0.3 is 0 Å². The fraction of sp³-hybridized carbons (Fsp3) is 0.0588. The first-order valence-corrected chi connectivity index (χ1v) is 12.0. The number of rotatable bonds is 1. The van der Waals surface area contributed by atoms with Crippen molar-refractivity contribution in [2.45, 2.75) is 13.8 Å². The Kier molecular flexibility index (Phi) is 4.07. The highest BCUT2D eigenvalue weighted by atomic mass is 14.2. The fourth-order valence-electron chi connectivity index (χ4n) is 5.88. The smallest absolute Gasteiger partial charge is 0.00174 e. The van der Waals surface area contributed by atoms with Gasteiger partial charge < -0.3 is 0 Å². The molecule has 0 unspecified atom stereocenters. The summed E-state index contributed by atoms with van der Waals surface area (Å²) in [6.45, 7) is 4.52. The highest BCUT2D eigenvalue weighted by molar-refractivity contribution is 6.29. The molecule has 160 valence electrons. The topological polar surface area (TPSA) is 0 Å². The van der Waals surface area contributed by atoms with E-state index in [1.54, 1.807) is 0 Å². The first-order chi connectivity index (χ1) is 16.7. The van der Waals surface area contributed by atoms with Gasteiger partial charge in [0.1, 0.15) is 0 Å². The van der Waals surface area contributed by atoms with Crippen molar-refractivity contribution in [3.63, 3.8) is 0 Å². The zero-order valence-corrected chi connectivity index (χ0v) is 19.4. The summed E-state index contributed by atoms with van der Waals surface area (Å²) in [7, 11) is 0. The van der Waals surface area contributed by atoms with Gasteiger partial charge in [0.15, 0.2) is 0 Å². The zero-order valence-electron chi connectivity index (χ0n) is 19.4. The van der Waals surface area contributed by atoms with Crippen LogP contribution in [0, 0.1) is 13.8 Å². The maximum absolute atomic E-state index is 2.38. The lowest BCUT2D eigenvalue weighted by Crippen LogP contribution is -1.94. The van der Waals surface area contributed by atoms with E-state index in [4.69, 9.17) is 0 Å². The van der Waals surface area contributed by atoms with Gasteiger partial charge in [-0.05, 0) is 102 Å². The Balaban J connectivity index is 1.74. The highest BCUT2D eigenvalue weighted by Crippen LogP contribution is 2.44. The zero-order chi connectivity index (χ0) is 22.8. The quantitative estimate of drug-likeness (QED) is 0.179. The second kappa shape index (κ2) is 7.17. The van der Waals surface area contributed by atoms with E-state index in [1.807, 2.05) is 0 Å². The Morgan fingerprint density at radius 1 is 0.353 bits per heavy atom. The van der Waals surface area contributed by atoms with Crippen LogP contribution in [0.3, 0.4) is 0 Å². The molecule has 7 rings (SSSR count). The molecule has 0 nitrogen and oxygen atoms in total. The van der Waals surface area contributed by atoms with Gasteiger partial charge in [0.05, 0.1) is 0 Å². The van der Waals surface area contributed by atoms with Gasteiger partial charge in [0, 0.05) is 0 Å². The van der Waals surface area contributed by atoms with Crippen LogP contribution in [0.5, 0.6) is 0 Å². The van der Waals surface area contributed by atoms with Crippen LogP contribution in [0.15, 0.2) is 109 Å². The molecule has 7 aromatic carbocycles. The van der Waals surface area contributed by atoms with Crippen molar-refractivity contribution in [1.82, 2.24) is 0 Å². The standard InChI is InChI=1S/C34H24/c1-21-15-17-25-19-23-9-3-4-10-24(23)20-31(25)32(21)33-22(2)16-18-30-28-13-6-5-11-26(28)27-12-7-8-14-29(27)34(30)33/h3-20H,1-2H3. The minimum Gasteiger partial charge on any atom is -0.0616 e. The van der Waals surface area contributed by atoms with Gasteiger partial charge in [-0.2, -0.15) is 0 Å². The maximum Gasteiger partial charge on any atom is -0.00174 e. The highest BCUT2D eigenvalue weighted by Gasteiger charge is 2.18. The molecular formula is C34H24. The molecule has 0 aliphatic heterocycles. The predicted octanol–water partition coefficient (Wildman–Crippen LogP) is 9.74. The summed E-state index contributed by atoms with van der Waals surface area (Å²) in [6.07, 6.45) is 0. The van der Waals surface area contributed by atoms with Crippen LogP contribution >= 0.6 is 0 Å². The van der Waals surface area contributed by atoms with Crippen LogP contribution in [0.1, 0.15) is 11.1 Å². The van der Waals surface area contributed by atoms with E-state index in [-0.39, 0.29) is 0 Å². The lowest BCUT2D eigenvalue weighted by atomic mass is 9.84. The van der Waals surface area contributed by atoms with E-state index >= 15 is 0 Å². The first-order valence-electron chi connectivity index (χ1n) is 12.0. The Bertz CT molecular complexity index is 1890. The molecule has 0 bridgehead atoms. The van der Waals surface area contributed by atoms with E-state index in [0.717, 1.165) is 0 Å². The summed E-state index contributed by atoms with van der Waals surface area (Å²) in [5, 5.41) is 13.2. The monoisotopic (exact) mass is 432 g/mol. The second-order valence-electron chi connectivity index (χ2n) is 9.45. The van der Waals surface area contributed by atoms with E-state index in [2.05, 4.69) is 123 Å². The molecule has 0 aromatic heterocycles. The molecule has 0 spiro atoms. The van der Waals surface area contributed by atoms with Crippen LogP contribution in [0.25, 0.3) is 65.0 Å². The summed E-state index contributed by atoms with van der Waals surface area (Å²) in [5.74, 6) is 0. The number of hydrogen-bond acceptors (Lipinski definition) is 0. The SMILES string of the molecule is Cc1ccc2cc3ccccc3cc2c1-c1c(C)ccc2c3ccccc3c3ccccc3c12. The van der Waals surface area contributed by atoms with Crippen molar-refractivity contribution < 1.29 is 0 Å². The normalized spacial score (nSPS) is 11.8. The number of hydrogen-bond donors (Lipinski definition) is 0. The van der Waals surface area contributed by atoms with E-state index in [9.17, 15) is 0 Å². The van der Waals surface area contributed by atoms with Crippen molar-refractivity contribution in [2.24, 2.45) is 0 Å². The molecule has 34 heavy (non-hydrogen) atoms. The minimum absolute atomic E-state index is 1.29. The van der Waals surface area contributed by atoms with Crippen LogP contribution in [0.2, 0.25) is 0 Å². The molecule has 7 aromatic rings. The molecule has 0 aliphatic rings. The van der Waals surface area contributed by atoms with Gasteiger partial charge in [-0.15, -0.1) is 0 Å². The van der Waals surface area contributed by atoms with Gasteiger partial charge in [-0.1, -0.05) is 97.1 Å². The molecule has 0 fully saturated rings. The van der Waals surface area contributed by atoms with Gasteiger partial charge in [-0.25, -0.2) is 0 Å². The summed E-state index contributed by atoms with van der Waals surface area (Å²) in [5.41, 5.74) is 5.34. The molecule has 0 aliphatic carbocycles. The summed E-state index contributed by atoms with van der Waals surface area (Å²) < 4.78 is 0. The molecule has 0 heteroatoms. The van der Waals surface area contributed by atoms with Gasteiger partial charge in [0.2, 0.25) is 0 Å². The van der Waals surface area contributed by atoms with Crippen molar-refractivity contribution in [3.8, 4) is 11.1 Å². The lowest BCUT2D eigenvalue weighted by Gasteiger charge is -2.19. The molecular weight excluding hydrogens is 408 g/mol. The van der Waals surface area contributed by atoms with Crippen LogP contribution in [0.4, 0.5) is 0 Å². The molecule has 0 amide bonds. The summed E-state index contributed by atoms with van der Waals surface area (Å²) in [6, 6.07) is 40.3. The average molecular weight is 433 g/mol.